The molecule has 0 bridgehead atoms. The summed E-state index contributed by atoms with van der Waals surface area (Å²) in [7, 11) is 0. The van der Waals surface area contributed by atoms with E-state index >= 15 is 0 Å². The molecule has 7 heteroatoms. The average molecular weight is 490 g/mol. The predicted molar refractivity (Wildman–Crippen MR) is 141 cm³/mol. The highest BCUT2D eigenvalue weighted by atomic mass is 35.5. The number of carboxylic acid groups (broad SMARTS) is 1. The number of anilines is 3. The lowest BCUT2D eigenvalue weighted by molar-refractivity contribution is -0.131. The molecule has 3 aromatic rings. The average Bonchev–Trinajstić information content (AvgIpc) is 2.95. The Bertz CT molecular complexity index is 1210. The first kappa shape index (κ1) is 24.5. The molecule has 0 fully saturated rings. The van der Waals surface area contributed by atoms with Gasteiger partial charge in [0.25, 0.3) is 5.91 Å². The summed E-state index contributed by atoms with van der Waals surface area (Å²) in [6.07, 6.45) is 4.51. The van der Waals surface area contributed by atoms with E-state index in [0.29, 0.717) is 30.2 Å². The zero-order chi connectivity index (χ0) is 24.6. The van der Waals surface area contributed by atoms with Crippen LogP contribution in [-0.2, 0) is 11.3 Å². The predicted octanol–water partition coefficient (Wildman–Crippen LogP) is 5.65. The Kier molecular flexibility index (Phi) is 8.19. The maximum absolute atomic E-state index is 13.8. The van der Waals surface area contributed by atoms with Gasteiger partial charge in [-0.15, -0.1) is 0 Å². The number of fused-ring (bicyclic) bond motifs is 2. The van der Waals surface area contributed by atoms with Crippen LogP contribution in [0.3, 0.4) is 0 Å². The summed E-state index contributed by atoms with van der Waals surface area (Å²) in [5, 5.41) is 12.5. The lowest BCUT2D eigenvalue weighted by Crippen LogP contribution is -2.29. The molecule has 0 radical (unpaired) electrons. The van der Waals surface area contributed by atoms with Gasteiger partial charge in [0.05, 0.1) is 29.2 Å². The quantitative estimate of drug-likeness (QED) is 0.284. The number of halogens is 1. The third kappa shape index (κ3) is 6.10. The molecule has 2 N–H and O–H groups in total. The van der Waals surface area contributed by atoms with Gasteiger partial charge >= 0.3 is 5.97 Å². The molecule has 0 saturated carbocycles. The molecule has 0 unspecified atom stereocenters. The van der Waals surface area contributed by atoms with Crippen molar-refractivity contribution in [3.63, 3.8) is 0 Å². The molecule has 4 rings (SSSR count). The largest absolute Gasteiger partial charge is 0.478 e. The minimum atomic E-state index is -0.945. The Labute approximate surface area is 210 Å². The summed E-state index contributed by atoms with van der Waals surface area (Å²) in [4.78, 5) is 28.4. The topological polar surface area (TPSA) is 72.9 Å². The number of nitrogens with one attached hydrogen (secondary N) is 1. The second-order valence-electron chi connectivity index (χ2n) is 8.33. The minimum Gasteiger partial charge on any atom is -0.478 e. The molecule has 1 aliphatic rings. The van der Waals surface area contributed by atoms with Crippen LogP contribution in [0.5, 0.6) is 0 Å². The number of carboxylic acids is 1. The highest BCUT2D eigenvalue weighted by Crippen LogP contribution is 2.42. The summed E-state index contributed by atoms with van der Waals surface area (Å²) >= 11 is 6.38. The second kappa shape index (κ2) is 11.7. The number of amides is 1. The Morgan fingerprint density at radius 3 is 2.37 bits per heavy atom. The van der Waals surface area contributed by atoms with Gasteiger partial charge in [0.2, 0.25) is 0 Å². The van der Waals surface area contributed by atoms with Crippen molar-refractivity contribution >= 4 is 40.5 Å². The van der Waals surface area contributed by atoms with Gasteiger partial charge in [-0.25, -0.2) is 4.79 Å². The van der Waals surface area contributed by atoms with E-state index in [-0.39, 0.29) is 5.91 Å². The number of para-hydroxylation sites is 2. The molecular formula is C28H28ClN3O3. The Hall–Kier alpha value is -3.61. The minimum absolute atomic E-state index is 0.0534. The molecule has 0 aromatic heterocycles. The number of hydrogen-bond acceptors (Lipinski definition) is 4. The number of carbonyl (C=O) groups is 2. The third-order valence-electron chi connectivity index (χ3n) is 5.88. The molecule has 0 saturated heterocycles. The molecule has 3 aromatic carbocycles. The smallest absolute Gasteiger partial charge is 0.328 e. The number of benzene rings is 3. The van der Waals surface area contributed by atoms with Crippen LogP contribution >= 0.6 is 11.6 Å². The molecule has 0 spiro atoms. The number of hydrogen-bond donors (Lipinski definition) is 2. The van der Waals surface area contributed by atoms with Crippen molar-refractivity contribution in [1.82, 2.24) is 5.32 Å². The van der Waals surface area contributed by atoms with Gasteiger partial charge in [-0.05, 0) is 55.3 Å². The second-order valence-corrected chi connectivity index (χ2v) is 8.77. The Morgan fingerprint density at radius 2 is 1.63 bits per heavy atom. The molecule has 0 atom stereocenters. The first-order chi connectivity index (χ1) is 17.0. The van der Waals surface area contributed by atoms with E-state index in [9.17, 15) is 9.59 Å². The third-order valence-corrected chi connectivity index (χ3v) is 6.12. The van der Waals surface area contributed by atoms with Gasteiger partial charge in [0, 0.05) is 24.2 Å². The van der Waals surface area contributed by atoms with Crippen LogP contribution in [0.4, 0.5) is 17.1 Å². The number of nitrogens with zero attached hydrogens (tertiary/aromatic N) is 2. The molecule has 35 heavy (non-hydrogen) atoms. The van der Waals surface area contributed by atoms with Crippen LogP contribution in [0.1, 0.15) is 28.8 Å². The normalized spacial score (nSPS) is 13.0. The van der Waals surface area contributed by atoms with Gasteiger partial charge in [-0.1, -0.05) is 60.1 Å². The summed E-state index contributed by atoms with van der Waals surface area (Å²) in [5.41, 5.74) is 4.32. The van der Waals surface area contributed by atoms with Crippen molar-refractivity contribution in [2.24, 2.45) is 0 Å². The fraction of sp³-hybridized carbons (Fsp3) is 0.214. The first-order valence-corrected chi connectivity index (χ1v) is 12.0. The van der Waals surface area contributed by atoms with Crippen molar-refractivity contribution in [1.29, 1.82) is 0 Å². The van der Waals surface area contributed by atoms with Crippen molar-refractivity contribution in [3.8, 4) is 0 Å². The molecule has 1 aliphatic heterocycles. The summed E-state index contributed by atoms with van der Waals surface area (Å²) in [6.45, 7) is 2.46. The van der Waals surface area contributed by atoms with Gasteiger partial charge in [-0.3, -0.25) is 4.79 Å². The number of unbranched alkanes of at least 4 members (excludes halogenated alkanes) is 1. The maximum atomic E-state index is 13.8. The van der Waals surface area contributed by atoms with E-state index < -0.39 is 5.97 Å². The fourth-order valence-electron chi connectivity index (χ4n) is 4.24. The Balaban J connectivity index is 1.58. The van der Waals surface area contributed by atoms with E-state index in [2.05, 4.69) is 10.2 Å². The van der Waals surface area contributed by atoms with Gasteiger partial charge < -0.3 is 20.2 Å². The molecular weight excluding hydrogens is 462 g/mol. The van der Waals surface area contributed by atoms with Gasteiger partial charge in [-0.2, -0.15) is 0 Å². The first-order valence-electron chi connectivity index (χ1n) is 11.7. The van der Waals surface area contributed by atoms with Crippen molar-refractivity contribution < 1.29 is 14.7 Å². The summed E-state index contributed by atoms with van der Waals surface area (Å²) < 4.78 is 0. The SMILES string of the molecule is O=C(O)/C=C/CNCCCCN1c2cc(Cl)ccc2C(=O)N(Cc2ccccc2)c2ccccc21. The lowest BCUT2D eigenvalue weighted by atomic mass is 10.1. The van der Waals surface area contributed by atoms with Crippen LogP contribution in [0.2, 0.25) is 5.02 Å². The highest BCUT2D eigenvalue weighted by molar-refractivity contribution is 6.31. The van der Waals surface area contributed by atoms with Crippen LogP contribution in [0.25, 0.3) is 0 Å². The lowest BCUT2D eigenvalue weighted by Gasteiger charge is -2.27. The van der Waals surface area contributed by atoms with Crippen LogP contribution in [0, 0.1) is 0 Å². The van der Waals surface area contributed by atoms with Crippen LogP contribution < -0.4 is 15.1 Å². The van der Waals surface area contributed by atoms with Gasteiger partial charge in [0.15, 0.2) is 0 Å². The molecule has 180 valence electrons. The van der Waals surface area contributed by atoms with E-state index in [0.717, 1.165) is 48.1 Å². The fourth-order valence-corrected chi connectivity index (χ4v) is 4.41. The van der Waals surface area contributed by atoms with Crippen molar-refractivity contribution in [2.75, 3.05) is 29.4 Å². The van der Waals surface area contributed by atoms with E-state index in [1.807, 2.05) is 71.6 Å². The van der Waals surface area contributed by atoms with Crippen molar-refractivity contribution in [3.05, 3.63) is 101 Å². The maximum Gasteiger partial charge on any atom is 0.328 e. The van der Waals surface area contributed by atoms with Crippen LogP contribution in [-0.4, -0.2) is 36.6 Å². The van der Waals surface area contributed by atoms with Crippen molar-refractivity contribution in [2.45, 2.75) is 19.4 Å². The van der Waals surface area contributed by atoms with E-state index in [1.165, 1.54) is 0 Å². The number of aliphatic carboxylic acids is 1. The highest BCUT2D eigenvalue weighted by Gasteiger charge is 2.30. The molecule has 0 aliphatic carbocycles. The molecule has 6 nitrogen and oxygen atoms in total. The standard InChI is InChI=1S/C28H28ClN3O3/c29-22-14-15-23-26(19-22)31(18-7-6-16-30-17-8-13-27(33)34)24-11-4-5-12-25(24)32(28(23)35)20-21-9-2-1-3-10-21/h1-5,8-15,19,30H,6-7,16-18,20H2,(H,33,34)/b13-8+. The number of rotatable bonds is 10. The van der Waals surface area contributed by atoms with Gasteiger partial charge in [0.1, 0.15) is 0 Å². The van der Waals surface area contributed by atoms with E-state index in [4.69, 9.17) is 16.7 Å². The number of carbonyl (C=O) groups excluding carboxylic acids is 1. The van der Waals surface area contributed by atoms with E-state index in [1.54, 1.807) is 12.1 Å². The Morgan fingerprint density at radius 1 is 0.914 bits per heavy atom. The monoisotopic (exact) mass is 489 g/mol. The zero-order valence-electron chi connectivity index (χ0n) is 19.4. The molecule has 1 heterocycles. The summed E-state index contributed by atoms with van der Waals surface area (Å²) in [5.74, 6) is -0.998. The van der Waals surface area contributed by atoms with Crippen LogP contribution in [0.15, 0.2) is 84.9 Å². The summed E-state index contributed by atoms with van der Waals surface area (Å²) in [6, 6.07) is 23.4. The molecule has 1 amide bonds. The zero-order valence-corrected chi connectivity index (χ0v) is 20.1.